The maximum atomic E-state index is 8.85. The maximum absolute atomic E-state index is 8.85. The van der Waals surface area contributed by atoms with E-state index in [1.807, 2.05) is 6.33 Å². The summed E-state index contributed by atoms with van der Waals surface area (Å²) in [5, 5.41) is 8.85. The molecule has 1 heterocycles. The van der Waals surface area contributed by atoms with Crippen LogP contribution in [0.2, 0.25) is 0 Å². The number of nitrogens with zero attached hydrogens (tertiary/aromatic N) is 2. The molecule has 0 radical (unpaired) electrons. The van der Waals surface area contributed by atoms with Crippen LogP contribution < -0.4 is 0 Å². The fraction of sp³-hybridized carbons (Fsp3) is 0.625. The second-order valence-corrected chi connectivity index (χ2v) is 5.88. The van der Waals surface area contributed by atoms with Crippen LogP contribution in [0.25, 0.3) is 0 Å². The van der Waals surface area contributed by atoms with Crippen molar-refractivity contribution in [3.8, 4) is 0 Å². The number of hydrogen-bond donors (Lipinski definition) is 1. The third kappa shape index (κ3) is 2.29. The molecule has 0 saturated heterocycles. The molecule has 0 fully saturated rings. The molecular formula is C8H13N2OTl. The number of imidazole rings is 1. The van der Waals surface area contributed by atoms with Crippen LogP contribution in [0.1, 0.15) is 26.0 Å². The molecule has 1 aromatic heterocycles. The van der Waals surface area contributed by atoms with Gasteiger partial charge in [0.25, 0.3) is 0 Å². The molecule has 0 bridgehead atoms. The van der Waals surface area contributed by atoms with E-state index in [9.17, 15) is 0 Å². The first-order chi connectivity index (χ1) is 5.56. The van der Waals surface area contributed by atoms with Crippen molar-refractivity contribution < 1.29 is 5.11 Å². The van der Waals surface area contributed by atoms with Crippen LogP contribution in [0, 0.1) is 0 Å². The van der Waals surface area contributed by atoms with E-state index >= 15 is 0 Å². The molecule has 0 aliphatic heterocycles. The van der Waals surface area contributed by atoms with E-state index in [2.05, 4.69) is 27.4 Å². The molecular weight excluding hydrogens is 344 g/mol. The Labute approximate surface area is 88.9 Å². The van der Waals surface area contributed by atoms with Gasteiger partial charge in [0.05, 0.1) is 0 Å². The Hall–Kier alpha value is 0.0921. The second-order valence-electron chi connectivity index (χ2n) is 3.56. The fourth-order valence-corrected chi connectivity index (χ4v) is 1.90. The molecule has 0 aliphatic rings. The number of aliphatic hydroxyl groups is 1. The van der Waals surface area contributed by atoms with Gasteiger partial charge < -0.3 is 0 Å². The summed E-state index contributed by atoms with van der Waals surface area (Å²) in [4.78, 5) is 4.30. The Morgan fingerprint density at radius 2 is 2.33 bits per heavy atom. The van der Waals surface area contributed by atoms with Crippen LogP contribution in [0.4, 0.5) is 0 Å². The minimum atomic E-state index is 0.00882. The summed E-state index contributed by atoms with van der Waals surface area (Å²) >= 11 is 0.779. The molecule has 1 rings (SSSR count). The molecule has 3 nitrogen and oxygen atoms in total. The zero-order valence-corrected chi connectivity index (χ0v) is 12.0. The third-order valence-electron chi connectivity index (χ3n) is 2.03. The first kappa shape index (κ1) is 10.2. The molecule has 64 valence electrons. The van der Waals surface area contributed by atoms with E-state index in [4.69, 9.17) is 5.11 Å². The average Bonchev–Trinajstić information content (AvgIpc) is 2.36. The van der Waals surface area contributed by atoms with Gasteiger partial charge in [-0.3, -0.25) is 0 Å². The van der Waals surface area contributed by atoms with Gasteiger partial charge in [-0.25, -0.2) is 0 Å². The van der Waals surface area contributed by atoms with Crippen molar-refractivity contribution in [2.24, 2.45) is 0 Å². The summed E-state index contributed by atoms with van der Waals surface area (Å²) in [5.74, 6) is 0. The zero-order valence-electron chi connectivity index (χ0n) is 7.49. The Balaban J connectivity index is 2.81. The Kier molecular flexibility index (Phi) is 3.28. The summed E-state index contributed by atoms with van der Waals surface area (Å²) in [7, 11) is 0. The number of hydrogen-bond acceptors (Lipinski definition) is 2. The molecule has 0 aromatic carbocycles. The monoisotopic (exact) mass is 358 g/mol. The van der Waals surface area contributed by atoms with E-state index < -0.39 is 0 Å². The van der Waals surface area contributed by atoms with E-state index in [1.165, 1.54) is 0 Å². The van der Waals surface area contributed by atoms with Crippen molar-refractivity contribution in [1.82, 2.24) is 7.36 Å². The molecule has 0 amide bonds. The SMILES string of the molecule is CC(C)(CCO)c1c[n]([Tl])cn1. The third-order valence-corrected chi connectivity index (χ3v) is 3.13. The van der Waals surface area contributed by atoms with E-state index in [-0.39, 0.29) is 12.0 Å². The molecule has 0 spiro atoms. The number of aliphatic hydroxyl groups excluding tert-OH is 1. The van der Waals surface area contributed by atoms with Gasteiger partial charge in [0.2, 0.25) is 0 Å². The van der Waals surface area contributed by atoms with Gasteiger partial charge in [0.15, 0.2) is 0 Å². The summed E-state index contributed by atoms with van der Waals surface area (Å²) < 4.78 is 2.09. The summed E-state index contributed by atoms with van der Waals surface area (Å²) in [5.41, 5.74) is 1.09. The normalized spacial score (nSPS) is 11.8. The van der Waals surface area contributed by atoms with Gasteiger partial charge >= 0.3 is 89.0 Å². The van der Waals surface area contributed by atoms with Gasteiger partial charge in [0, 0.05) is 0 Å². The van der Waals surface area contributed by atoms with Crippen molar-refractivity contribution in [2.75, 3.05) is 6.61 Å². The molecule has 1 N–H and O–H groups in total. The Morgan fingerprint density at radius 3 is 2.75 bits per heavy atom. The predicted molar refractivity (Wildman–Crippen MR) is 48.1 cm³/mol. The topological polar surface area (TPSA) is 38.0 Å². The fourth-order valence-electron chi connectivity index (χ4n) is 1.09. The van der Waals surface area contributed by atoms with Crippen LogP contribution in [0.5, 0.6) is 0 Å². The van der Waals surface area contributed by atoms with E-state index in [0.29, 0.717) is 0 Å². The van der Waals surface area contributed by atoms with Crippen LogP contribution >= 0.6 is 0 Å². The predicted octanol–water partition coefficient (Wildman–Crippen LogP) is 0.475. The van der Waals surface area contributed by atoms with E-state index in [0.717, 1.165) is 38.2 Å². The zero-order chi connectivity index (χ0) is 9.19. The van der Waals surface area contributed by atoms with Gasteiger partial charge in [-0.15, -0.1) is 0 Å². The number of rotatable bonds is 3. The van der Waals surface area contributed by atoms with Crippen LogP contribution in [-0.2, 0) is 5.41 Å². The minimum absolute atomic E-state index is 0.00882. The van der Waals surface area contributed by atoms with Gasteiger partial charge in [0.1, 0.15) is 0 Å². The Bertz CT molecular complexity index is 257. The summed E-state index contributed by atoms with van der Waals surface area (Å²) in [6.07, 6.45) is 4.70. The van der Waals surface area contributed by atoms with Crippen molar-refractivity contribution in [3.05, 3.63) is 18.2 Å². The van der Waals surface area contributed by atoms with Crippen molar-refractivity contribution in [3.63, 3.8) is 0 Å². The van der Waals surface area contributed by atoms with Gasteiger partial charge in [-0.05, 0) is 0 Å². The molecule has 0 unspecified atom stereocenters. The van der Waals surface area contributed by atoms with Crippen molar-refractivity contribution in [2.45, 2.75) is 25.7 Å². The van der Waals surface area contributed by atoms with Gasteiger partial charge in [-0.1, -0.05) is 0 Å². The quantitative estimate of drug-likeness (QED) is 0.799. The number of aromatic nitrogens is 2. The molecule has 4 heteroatoms. The second kappa shape index (κ2) is 3.87. The van der Waals surface area contributed by atoms with Crippen LogP contribution in [-0.4, -0.2) is 45.1 Å². The van der Waals surface area contributed by atoms with Crippen molar-refractivity contribution in [1.29, 1.82) is 0 Å². The van der Waals surface area contributed by atoms with Gasteiger partial charge in [-0.2, -0.15) is 0 Å². The summed E-state index contributed by atoms with van der Waals surface area (Å²) in [6, 6.07) is 0. The first-order valence-electron chi connectivity index (χ1n) is 3.96. The van der Waals surface area contributed by atoms with Crippen molar-refractivity contribution >= 4 is 26.1 Å². The average molecular weight is 358 g/mol. The molecule has 0 atom stereocenters. The molecule has 1 aromatic rings. The molecule has 0 saturated carbocycles. The molecule has 0 aliphatic carbocycles. The van der Waals surface area contributed by atoms with E-state index in [1.54, 1.807) is 0 Å². The standard InChI is InChI=1S/C8H13N2O.Tl/c1-8(2,3-4-11)7-5-9-6-10-7;/h5-6,11H,3-4H2,1-2H3;/q-1;+1. The van der Waals surface area contributed by atoms with Crippen LogP contribution in [0.3, 0.4) is 0 Å². The Morgan fingerprint density at radius 1 is 1.67 bits per heavy atom. The van der Waals surface area contributed by atoms with Crippen LogP contribution in [0.15, 0.2) is 12.5 Å². The first-order valence-corrected chi connectivity index (χ1v) is 5.97. The summed E-state index contributed by atoms with van der Waals surface area (Å²) in [6.45, 7) is 4.44. The molecule has 12 heavy (non-hydrogen) atoms.